The van der Waals surface area contributed by atoms with Crippen molar-refractivity contribution in [2.24, 2.45) is 11.8 Å². The van der Waals surface area contributed by atoms with E-state index in [1.807, 2.05) is 49.6 Å². The van der Waals surface area contributed by atoms with E-state index in [1.165, 1.54) is 12.0 Å². The maximum Gasteiger partial charge on any atom is 0.245 e. The normalized spacial score (nSPS) is 18.7. The molecule has 2 aromatic carbocycles. The minimum atomic E-state index is -0.434. The Kier molecular flexibility index (Phi) is 18.4. The number of likely N-dealkylation sites (N-methyl/N-ethyl adjacent to an activating group) is 1. The molecule has 2 amide bonds. The smallest absolute Gasteiger partial charge is 0.245 e. The van der Waals surface area contributed by atoms with Crippen molar-refractivity contribution in [3.63, 3.8) is 0 Å². The predicted molar refractivity (Wildman–Crippen MR) is 263 cm³/mol. The summed E-state index contributed by atoms with van der Waals surface area (Å²) in [7, 11) is 1.78. The summed E-state index contributed by atoms with van der Waals surface area (Å²) in [5.41, 5.74) is 5.50. The van der Waals surface area contributed by atoms with Crippen molar-refractivity contribution in [3.05, 3.63) is 84.8 Å². The fraction of sp³-hybridized carbons (Fsp3) is 0.547. The standard InChI is InChI=1S/C53H71N7O8/c1-38(54-2)52(61)58-51(41-6-4-3-5-7-41)53(62)60-23-19-40-18-22-59(37-49(40)60)21-17-39-8-12-44(13-9-39)67-32-30-65-28-26-63-24-25-64-27-29-66-31-33-68-50-15-11-43(35-56-50)42-10-14-45-46-36-55-20-16-47(46)57-48(45)34-42/h8-16,20,34-36,38,40-41,49,51,54,57H,3-7,17-19,21-33,37H2,1-2H3,(H,58,61)/t38-,40+,49+,51-/m0/s1. The number of H-pyrrole nitrogens is 1. The SMILES string of the molecule is CN[C@@H](C)C(=O)N[C@H](C(=O)N1CC[C@H]2CCN(CCc3ccc(OCCOCCOCCOCCOCCOc4ccc(-c5ccc6c(c5)[nH]c5ccncc56)cn4)cc3)C[C@H]21)C1CCCCC1. The molecule has 4 atom stereocenters. The number of aromatic amines is 1. The van der Waals surface area contributed by atoms with Gasteiger partial charge in [-0.25, -0.2) is 4.98 Å². The van der Waals surface area contributed by atoms with Crippen LogP contribution in [0.15, 0.2) is 79.3 Å². The zero-order valence-corrected chi connectivity index (χ0v) is 40.0. The highest BCUT2D eigenvalue weighted by Crippen LogP contribution is 2.35. The number of amides is 2. The van der Waals surface area contributed by atoms with Crippen molar-refractivity contribution in [1.29, 1.82) is 0 Å². The molecular weight excluding hydrogens is 863 g/mol. The summed E-state index contributed by atoms with van der Waals surface area (Å²) < 4.78 is 34.3. The van der Waals surface area contributed by atoms with E-state index in [1.54, 1.807) is 13.2 Å². The molecule has 15 nitrogen and oxygen atoms in total. The monoisotopic (exact) mass is 934 g/mol. The van der Waals surface area contributed by atoms with Gasteiger partial charge in [0.25, 0.3) is 0 Å². The van der Waals surface area contributed by atoms with Crippen LogP contribution in [-0.4, -0.2) is 154 Å². The third kappa shape index (κ3) is 13.5. The molecule has 0 unspecified atom stereocenters. The van der Waals surface area contributed by atoms with Crippen LogP contribution < -0.4 is 20.1 Å². The van der Waals surface area contributed by atoms with Gasteiger partial charge in [0.1, 0.15) is 25.0 Å². The average Bonchev–Trinajstić information content (AvgIpc) is 3.98. The average molecular weight is 934 g/mol. The van der Waals surface area contributed by atoms with E-state index in [4.69, 9.17) is 28.4 Å². The Hall–Kier alpha value is -5.16. The summed E-state index contributed by atoms with van der Waals surface area (Å²) in [6.45, 7) is 10.2. The van der Waals surface area contributed by atoms with Gasteiger partial charge in [-0.2, -0.15) is 0 Å². The lowest BCUT2D eigenvalue weighted by atomic mass is 9.83. The number of likely N-dealkylation sites (tertiary alicyclic amines) is 2. The first-order valence-electron chi connectivity index (χ1n) is 24.9. The van der Waals surface area contributed by atoms with Gasteiger partial charge in [0.05, 0.1) is 58.9 Å². The highest BCUT2D eigenvalue weighted by atomic mass is 16.6. The second-order valence-corrected chi connectivity index (χ2v) is 18.4. The first-order chi connectivity index (χ1) is 33.4. The van der Waals surface area contributed by atoms with Gasteiger partial charge in [0, 0.05) is 77.7 Å². The van der Waals surface area contributed by atoms with Gasteiger partial charge in [0.15, 0.2) is 0 Å². The van der Waals surface area contributed by atoms with Crippen LogP contribution in [0.2, 0.25) is 0 Å². The minimum Gasteiger partial charge on any atom is -0.491 e. The van der Waals surface area contributed by atoms with Crippen molar-refractivity contribution < 1.29 is 38.0 Å². The van der Waals surface area contributed by atoms with Gasteiger partial charge in [-0.1, -0.05) is 43.5 Å². The maximum atomic E-state index is 14.2. The zero-order chi connectivity index (χ0) is 46.9. The second kappa shape index (κ2) is 25.4. The van der Waals surface area contributed by atoms with Crippen LogP contribution in [0.25, 0.3) is 32.9 Å². The number of hydrogen-bond donors (Lipinski definition) is 3. The number of fused-ring (bicyclic) bond motifs is 4. The molecule has 68 heavy (non-hydrogen) atoms. The van der Waals surface area contributed by atoms with Crippen LogP contribution in [0.1, 0.15) is 57.4 Å². The van der Waals surface area contributed by atoms with Crippen LogP contribution in [0, 0.1) is 11.8 Å². The quantitative estimate of drug-likeness (QED) is 0.0522. The van der Waals surface area contributed by atoms with Gasteiger partial charge in [0.2, 0.25) is 17.7 Å². The number of carbonyl (C=O) groups is 2. The Balaban J connectivity index is 0.620. The van der Waals surface area contributed by atoms with Crippen molar-refractivity contribution in [3.8, 4) is 22.8 Å². The number of ether oxygens (including phenoxy) is 6. The molecule has 0 radical (unpaired) electrons. The summed E-state index contributed by atoms with van der Waals surface area (Å²) in [5.74, 6) is 2.17. The Morgan fingerprint density at radius 1 is 0.735 bits per heavy atom. The molecule has 2 saturated heterocycles. The molecule has 1 aliphatic carbocycles. The molecule has 3 aliphatic rings. The molecule has 366 valence electrons. The largest absolute Gasteiger partial charge is 0.491 e. The third-order valence-corrected chi connectivity index (χ3v) is 13.9. The van der Waals surface area contributed by atoms with Crippen LogP contribution in [0.3, 0.4) is 0 Å². The number of hydrogen-bond acceptors (Lipinski definition) is 12. The molecule has 5 aromatic rings. The fourth-order valence-corrected chi connectivity index (χ4v) is 9.91. The Labute approximate surface area is 400 Å². The van der Waals surface area contributed by atoms with Crippen molar-refractivity contribution in [2.75, 3.05) is 99.3 Å². The van der Waals surface area contributed by atoms with E-state index < -0.39 is 6.04 Å². The summed E-state index contributed by atoms with van der Waals surface area (Å²) in [4.78, 5) is 44.0. The molecule has 2 aliphatic heterocycles. The summed E-state index contributed by atoms with van der Waals surface area (Å²) in [6.07, 6.45) is 14.1. The third-order valence-electron chi connectivity index (χ3n) is 13.9. The number of aromatic nitrogens is 3. The van der Waals surface area contributed by atoms with Crippen LogP contribution in [0.4, 0.5) is 0 Å². The second-order valence-electron chi connectivity index (χ2n) is 18.4. The fourth-order valence-electron chi connectivity index (χ4n) is 9.91. The Morgan fingerprint density at radius 3 is 2.13 bits per heavy atom. The Morgan fingerprint density at radius 2 is 1.43 bits per heavy atom. The number of piperidine rings is 1. The lowest BCUT2D eigenvalue weighted by Gasteiger charge is -2.41. The lowest BCUT2D eigenvalue weighted by Crippen LogP contribution is -2.58. The molecule has 8 rings (SSSR count). The van der Waals surface area contributed by atoms with Crippen LogP contribution in [0.5, 0.6) is 11.6 Å². The van der Waals surface area contributed by atoms with E-state index in [2.05, 4.69) is 65.7 Å². The first kappa shape index (κ1) is 49.3. The van der Waals surface area contributed by atoms with E-state index in [0.29, 0.717) is 77.9 Å². The molecule has 3 fully saturated rings. The number of pyridine rings is 2. The van der Waals surface area contributed by atoms with Gasteiger partial charge >= 0.3 is 0 Å². The van der Waals surface area contributed by atoms with Gasteiger partial charge < -0.3 is 53.8 Å². The molecule has 3 N–H and O–H groups in total. The highest BCUT2D eigenvalue weighted by molar-refractivity contribution is 6.07. The van der Waals surface area contributed by atoms with E-state index >= 15 is 0 Å². The van der Waals surface area contributed by atoms with Crippen molar-refractivity contribution in [2.45, 2.75) is 76.4 Å². The molecular formula is C53H71N7O8. The van der Waals surface area contributed by atoms with E-state index in [-0.39, 0.29) is 29.8 Å². The lowest BCUT2D eigenvalue weighted by molar-refractivity contribution is -0.140. The van der Waals surface area contributed by atoms with Crippen molar-refractivity contribution in [1.82, 2.24) is 35.4 Å². The topological polar surface area (TPSA) is 162 Å². The molecule has 5 heterocycles. The van der Waals surface area contributed by atoms with Crippen LogP contribution >= 0.6 is 0 Å². The molecule has 3 aromatic heterocycles. The number of benzene rings is 2. The number of nitrogens with one attached hydrogen (secondary N) is 3. The first-order valence-corrected chi connectivity index (χ1v) is 24.9. The number of nitrogens with zero attached hydrogens (tertiary/aromatic N) is 4. The maximum absolute atomic E-state index is 14.2. The molecule has 0 spiro atoms. The highest BCUT2D eigenvalue weighted by Gasteiger charge is 2.44. The molecule has 15 heteroatoms. The van der Waals surface area contributed by atoms with Gasteiger partial charge in [-0.05, 0) is 106 Å². The minimum absolute atomic E-state index is 0.0898. The van der Waals surface area contributed by atoms with E-state index in [0.717, 1.165) is 110 Å². The van der Waals surface area contributed by atoms with Crippen molar-refractivity contribution >= 4 is 33.6 Å². The Bertz CT molecular complexity index is 2320. The summed E-state index contributed by atoms with van der Waals surface area (Å²) in [6, 6.07) is 20.0. The number of carbonyl (C=O) groups excluding carboxylic acids is 2. The summed E-state index contributed by atoms with van der Waals surface area (Å²) >= 11 is 0. The summed E-state index contributed by atoms with van der Waals surface area (Å²) in [5, 5.41) is 8.48. The molecule has 1 saturated carbocycles. The number of rotatable bonds is 26. The zero-order valence-electron chi connectivity index (χ0n) is 40.0. The van der Waals surface area contributed by atoms with E-state index in [9.17, 15) is 9.59 Å². The molecule has 0 bridgehead atoms. The van der Waals surface area contributed by atoms with Gasteiger partial charge in [-0.3, -0.25) is 14.6 Å². The van der Waals surface area contributed by atoms with Gasteiger partial charge in [-0.15, -0.1) is 0 Å². The predicted octanol–water partition coefficient (Wildman–Crippen LogP) is 6.44. The van der Waals surface area contributed by atoms with Crippen LogP contribution in [-0.2, 0) is 35.0 Å².